The van der Waals surface area contributed by atoms with E-state index in [4.69, 9.17) is 4.74 Å². The first-order valence-corrected chi connectivity index (χ1v) is 8.19. The average Bonchev–Trinajstić information content (AvgIpc) is 2.58. The van der Waals surface area contributed by atoms with Gasteiger partial charge in [0.1, 0.15) is 5.60 Å². The van der Waals surface area contributed by atoms with Gasteiger partial charge in [-0.25, -0.2) is 8.42 Å². The van der Waals surface area contributed by atoms with E-state index < -0.39 is 15.4 Å². The first kappa shape index (κ1) is 15.4. The van der Waals surface area contributed by atoms with Crippen LogP contribution < -0.4 is 5.32 Å². The Morgan fingerprint density at radius 1 is 1.33 bits per heavy atom. The Balaban J connectivity index is 2.46. The van der Waals surface area contributed by atoms with Crippen molar-refractivity contribution in [2.24, 2.45) is 0 Å². The third-order valence-electron chi connectivity index (χ3n) is 2.93. The highest BCUT2D eigenvalue weighted by molar-refractivity contribution is 7.91. The van der Waals surface area contributed by atoms with Crippen LogP contribution in [0.4, 0.5) is 0 Å². The standard InChI is InChI=1S/C12H23NO4S/c1-12(2,3)17-11(14)8-13-9-6-5-7-10(9)18(4,15)16/h9-10,13H,5-8H2,1-4H3. The van der Waals surface area contributed by atoms with Crippen LogP contribution in [0.3, 0.4) is 0 Å². The fourth-order valence-electron chi connectivity index (χ4n) is 2.26. The summed E-state index contributed by atoms with van der Waals surface area (Å²) in [7, 11) is -3.05. The summed E-state index contributed by atoms with van der Waals surface area (Å²) in [6.07, 6.45) is 3.60. The molecule has 2 atom stereocenters. The lowest BCUT2D eigenvalue weighted by atomic mass is 10.2. The third-order valence-corrected chi connectivity index (χ3v) is 4.60. The Kier molecular flexibility index (Phi) is 4.78. The summed E-state index contributed by atoms with van der Waals surface area (Å²) in [6, 6.07) is -0.132. The minimum atomic E-state index is -3.05. The van der Waals surface area contributed by atoms with Crippen molar-refractivity contribution in [1.29, 1.82) is 0 Å². The first-order valence-electron chi connectivity index (χ1n) is 6.24. The van der Waals surface area contributed by atoms with Crippen molar-refractivity contribution in [2.75, 3.05) is 12.8 Å². The molecule has 1 saturated carbocycles. The smallest absolute Gasteiger partial charge is 0.320 e. The average molecular weight is 277 g/mol. The predicted octanol–water partition coefficient (Wildman–Crippen LogP) is 0.883. The van der Waals surface area contributed by atoms with Gasteiger partial charge in [0.05, 0.1) is 11.8 Å². The molecule has 0 aromatic heterocycles. The maximum absolute atomic E-state index is 11.6. The van der Waals surface area contributed by atoms with Crippen molar-refractivity contribution in [3.8, 4) is 0 Å². The van der Waals surface area contributed by atoms with Crippen LogP contribution >= 0.6 is 0 Å². The molecule has 0 heterocycles. The monoisotopic (exact) mass is 277 g/mol. The number of carbonyl (C=O) groups is 1. The van der Waals surface area contributed by atoms with Crippen LogP contribution in [-0.4, -0.2) is 44.1 Å². The zero-order chi connectivity index (χ0) is 14.0. The molecule has 18 heavy (non-hydrogen) atoms. The summed E-state index contributed by atoms with van der Waals surface area (Å²) in [5.41, 5.74) is -0.509. The highest BCUT2D eigenvalue weighted by Gasteiger charge is 2.34. The molecule has 0 amide bonds. The summed E-state index contributed by atoms with van der Waals surface area (Å²) in [5.74, 6) is -0.346. The Morgan fingerprint density at radius 3 is 2.44 bits per heavy atom. The van der Waals surface area contributed by atoms with Crippen LogP contribution in [0, 0.1) is 0 Å². The second kappa shape index (κ2) is 5.57. The van der Waals surface area contributed by atoms with Gasteiger partial charge >= 0.3 is 5.97 Å². The van der Waals surface area contributed by atoms with Gasteiger partial charge in [-0.05, 0) is 33.6 Å². The van der Waals surface area contributed by atoms with Crippen molar-refractivity contribution in [3.05, 3.63) is 0 Å². The molecule has 1 aliphatic carbocycles. The summed E-state index contributed by atoms with van der Waals surface area (Å²) in [4.78, 5) is 11.5. The van der Waals surface area contributed by atoms with Crippen LogP contribution in [0.15, 0.2) is 0 Å². The molecule has 0 aliphatic heterocycles. The topological polar surface area (TPSA) is 72.5 Å². The van der Waals surface area contributed by atoms with Gasteiger partial charge in [0.2, 0.25) is 0 Å². The minimum absolute atomic E-state index is 0.0634. The normalized spacial score (nSPS) is 25.1. The minimum Gasteiger partial charge on any atom is -0.459 e. The largest absolute Gasteiger partial charge is 0.459 e. The van der Waals surface area contributed by atoms with Gasteiger partial charge < -0.3 is 10.1 Å². The van der Waals surface area contributed by atoms with Crippen molar-refractivity contribution in [2.45, 2.75) is 56.9 Å². The molecule has 6 heteroatoms. The number of rotatable bonds is 4. The van der Waals surface area contributed by atoms with Crippen molar-refractivity contribution < 1.29 is 17.9 Å². The Labute approximate surface area is 109 Å². The highest BCUT2D eigenvalue weighted by atomic mass is 32.2. The maximum Gasteiger partial charge on any atom is 0.320 e. The van der Waals surface area contributed by atoms with E-state index in [1.807, 2.05) is 0 Å². The van der Waals surface area contributed by atoms with Gasteiger partial charge in [-0.2, -0.15) is 0 Å². The molecule has 0 radical (unpaired) electrons. The van der Waals surface area contributed by atoms with Gasteiger partial charge in [-0.1, -0.05) is 6.42 Å². The highest BCUT2D eigenvalue weighted by Crippen LogP contribution is 2.24. The molecule has 5 nitrogen and oxygen atoms in total. The second-order valence-corrected chi connectivity index (χ2v) is 8.14. The number of esters is 1. The molecule has 0 aromatic rings. The van der Waals surface area contributed by atoms with Crippen molar-refractivity contribution in [3.63, 3.8) is 0 Å². The summed E-state index contributed by atoms with van der Waals surface area (Å²) in [6.45, 7) is 5.48. The fraction of sp³-hybridized carbons (Fsp3) is 0.917. The van der Waals surface area contributed by atoms with E-state index in [0.29, 0.717) is 6.42 Å². The first-order chi connectivity index (χ1) is 8.09. The third kappa shape index (κ3) is 4.94. The van der Waals surface area contributed by atoms with Gasteiger partial charge in [0.15, 0.2) is 9.84 Å². The number of hydrogen-bond acceptors (Lipinski definition) is 5. The number of hydrogen-bond donors (Lipinski definition) is 1. The van der Waals surface area contributed by atoms with Gasteiger partial charge in [-0.3, -0.25) is 4.79 Å². The van der Waals surface area contributed by atoms with E-state index in [0.717, 1.165) is 12.8 Å². The van der Waals surface area contributed by atoms with E-state index in [1.165, 1.54) is 6.26 Å². The lowest BCUT2D eigenvalue weighted by molar-refractivity contribution is -0.153. The second-order valence-electron chi connectivity index (χ2n) is 5.87. The molecule has 0 spiro atoms. The molecule has 1 fully saturated rings. The van der Waals surface area contributed by atoms with Gasteiger partial charge in [-0.15, -0.1) is 0 Å². The zero-order valence-corrected chi connectivity index (χ0v) is 12.3. The Hall–Kier alpha value is -0.620. The van der Waals surface area contributed by atoms with E-state index in [2.05, 4.69) is 5.32 Å². The molecular weight excluding hydrogens is 254 g/mol. The maximum atomic E-state index is 11.6. The fourth-order valence-corrected chi connectivity index (χ4v) is 3.69. The number of sulfone groups is 1. The lowest BCUT2D eigenvalue weighted by Crippen LogP contribution is -2.43. The molecule has 2 unspecified atom stereocenters. The summed E-state index contributed by atoms with van der Waals surface area (Å²) >= 11 is 0. The molecule has 0 bridgehead atoms. The SMILES string of the molecule is CC(C)(C)OC(=O)CNC1CCCC1S(C)(=O)=O. The Morgan fingerprint density at radius 2 is 1.94 bits per heavy atom. The molecule has 0 aromatic carbocycles. The molecule has 1 aliphatic rings. The molecule has 1 N–H and O–H groups in total. The number of ether oxygens (including phenoxy) is 1. The summed E-state index contributed by atoms with van der Waals surface area (Å²) < 4.78 is 28.3. The van der Waals surface area contributed by atoms with Crippen LogP contribution in [0.25, 0.3) is 0 Å². The summed E-state index contributed by atoms with van der Waals surface area (Å²) in [5, 5.41) is 2.63. The quantitative estimate of drug-likeness (QED) is 0.772. The van der Waals surface area contributed by atoms with Crippen molar-refractivity contribution >= 4 is 15.8 Å². The van der Waals surface area contributed by atoms with Crippen LogP contribution in [0.2, 0.25) is 0 Å². The van der Waals surface area contributed by atoms with E-state index in [1.54, 1.807) is 20.8 Å². The predicted molar refractivity (Wildman–Crippen MR) is 70.1 cm³/mol. The Bertz CT molecular complexity index is 397. The van der Waals surface area contributed by atoms with Crippen molar-refractivity contribution in [1.82, 2.24) is 5.32 Å². The molecule has 1 rings (SSSR count). The van der Waals surface area contributed by atoms with Crippen LogP contribution in [0.5, 0.6) is 0 Å². The van der Waals surface area contributed by atoms with E-state index in [-0.39, 0.29) is 23.8 Å². The van der Waals surface area contributed by atoms with E-state index in [9.17, 15) is 13.2 Å². The lowest BCUT2D eigenvalue weighted by Gasteiger charge is -2.22. The zero-order valence-electron chi connectivity index (χ0n) is 11.5. The van der Waals surface area contributed by atoms with Crippen LogP contribution in [-0.2, 0) is 19.4 Å². The van der Waals surface area contributed by atoms with Gasteiger partial charge in [0, 0.05) is 12.3 Å². The number of carbonyl (C=O) groups excluding carboxylic acids is 1. The molecule has 0 saturated heterocycles. The van der Waals surface area contributed by atoms with Gasteiger partial charge in [0.25, 0.3) is 0 Å². The van der Waals surface area contributed by atoms with Crippen LogP contribution in [0.1, 0.15) is 40.0 Å². The molecule has 106 valence electrons. The molecular formula is C12H23NO4S. The van der Waals surface area contributed by atoms with E-state index >= 15 is 0 Å². The number of nitrogens with one attached hydrogen (secondary N) is 1.